The number of anilines is 1. The van der Waals surface area contributed by atoms with Gasteiger partial charge in [0.1, 0.15) is 5.82 Å². The predicted octanol–water partition coefficient (Wildman–Crippen LogP) is 1.93. The Kier molecular flexibility index (Phi) is 4.42. The van der Waals surface area contributed by atoms with E-state index in [0.29, 0.717) is 12.6 Å². The van der Waals surface area contributed by atoms with Crippen LogP contribution < -0.4 is 10.2 Å². The molecule has 1 aliphatic heterocycles. The second-order valence-electron chi connectivity index (χ2n) is 6.08. The Balaban J connectivity index is 1.98. The molecule has 2 rings (SSSR count). The number of nitrogens with one attached hydrogen (secondary N) is 1. The zero-order valence-electron chi connectivity index (χ0n) is 12.2. The van der Waals surface area contributed by atoms with Crippen LogP contribution in [0.1, 0.15) is 39.2 Å². The quantitative estimate of drug-likeness (QED) is 0.871. The van der Waals surface area contributed by atoms with Gasteiger partial charge in [-0.25, -0.2) is 4.98 Å². The number of hydrogen-bond donors (Lipinski definition) is 2. The van der Waals surface area contributed by atoms with Gasteiger partial charge in [-0.3, -0.25) is 0 Å². The highest BCUT2D eigenvalue weighted by molar-refractivity contribution is 5.40. The number of aromatic nitrogens is 1. The van der Waals surface area contributed by atoms with Gasteiger partial charge in [-0.15, -0.1) is 0 Å². The number of nitrogens with zero attached hydrogens (tertiary/aromatic N) is 2. The van der Waals surface area contributed by atoms with Gasteiger partial charge >= 0.3 is 0 Å². The summed E-state index contributed by atoms with van der Waals surface area (Å²) in [5.74, 6) is 0.966. The Hall–Kier alpha value is -1.13. The number of rotatable bonds is 4. The summed E-state index contributed by atoms with van der Waals surface area (Å²) in [5, 5.41) is 13.5. The van der Waals surface area contributed by atoms with Crippen LogP contribution >= 0.6 is 0 Å². The summed E-state index contributed by atoms with van der Waals surface area (Å²) in [4.78, 5) is 6.69. The molecule has 106 valence electrons. The van der Waals surface area contributed by atoms with Crippen molar-refractivity contribution in [1.82, 2.24) is 10.3 Å². The maximum atomic E-state index is 10.1. The summed E-state index contributed by atoms with van der Waals surface area (Å²) in [6, 6.07) is 4.65. The Bertz CT molecular complexity index is 400. The topological polar surface area (TPSA) is 48.4 Å². The van der Waals surface area contributed by atoms with Crippen LogP contribution in [0.2, 0.25) is 0 Å². The van der Waals surface area contributed by atoms with E-state index < -0.39 is 5.60 Å². The Morgan fingerprint density at radius 1 is 1.47 bits per heavy atom. The highest BCUT2D eigenvalue weighted by Crippen LogP contribution is 2.24. The molecule has 1 aromatic rings. The fourth-order valence-corrected chi connectivity index (χ4v) is 2.45. The molecule has 1 unspecified atom stereocenters. The average Bonchev–Trinajstić information content (AvgIpc) is 2.36. The van der Waals surface area contributed by atoms with Gasteiger partial charge in [-0.05, 0) is 31.4 Å². The van der Waals surface area contributed by atoms with Crippen molar-refractivity contribution in [3.63, 3.8) is 0 Å². The van der Waals surface area contributed by atoms with Crippen molar-refractivity contribution in [2.45, 2.75) is 51.8 Å². The minimum atomic E-state index is -0.586. The maximum absolute atomic E-state index is 10.1. The van der Waals surface area contributed by atoms with Crippen LogP contribution in [0.5, 0.6) is 0 Å². The molecule has 0 amide bonds. The van der Waals surface area contributed by atoms with E-state index in [9.17, 15) is 5.11 Å². The summed E-state index contributed by atoms with van der Waals surface area (Å²) >= 11 is 0. The number of piperidine rings is 1. The first-order valence-electron chi connectivity index (χ1n) is 7.12. The number of hydrogen-bond acceptors (Lipinski definition) is 4. The van der Waals surface area contributed by atoms with Crippen molar-refractivity contribution >= 4 is 5.82 Å². The lowest BCUT2D eigenvalue weighted by molar-refractivity contribution is 0.0447. The second-order valence-corrected chi connectivity index (χ2v) is 6.08. The van der Waals surface area contributed by atoms with Crippen LogP contribution in [0, 0.1) is 0 Å². The van der Waals surface area contributed by atoms with Gasteiger partial charge in [-0.2, -0.15) is 0 Å². The van der Waals surface area contributed by atoms with Crippen LogP contribution in [-0.2, 0) is 6.54 Å². The lowest BCUT2D eigenvalue weighted by atomic mass is 9.95. The van der Waals surface area contributed by atoms with Crippen LogP contribution in [-0.4, -0.2) is 34.8 Å². The zero-order chi connectivity index (χ0) is 13.9. The summed E-state index contributed by atoms with van der Waals surface area (Å²) < 4.78 is 0. The minimum Gasteiger partial charge on any atom is -0.388 e. The van der Waals surface area contributed by atoms with Crippen LogP contribution in [0.4, 0.5) is 5.82 Å². The third-order valence-electron chi connectivity index (χ3n) is 3.52. The molecule has 19 heavy (non-hydrogen) atoms. The van der Waals surface area contributed by atoms with E-state index in [-0.39, 0.29) is 0 Å². The van der Waals surface area contributed by atoms with Crippen molar-refractivity contribution in [1.29, 1.82) is 0 Å². The Morgan fingerprint density at radius 3 is 2.84 bits per heavy atom. The fraction of sp³-hybridized carbons (Fsp3) is 0.667. The zero-order valence-corrected chi connectivity index (χ0v) is 12.2. The van der Waals surface area contributed by atoms with Gasteiger partial charge in [0.25, 0.3) is 0 Å². The van der Waals surface area contributed by atoms with E-state index in [0.717, 1.165) is 31.7 Å². The molecule has 1 aromatic heterocycles. The largest absolute Gasteiger partial charge is 0.388 e. The number of aliphatic hydroxyl groups is 1. The molecule has 0 saturated carbocycles. The summed E-state index contributed by atoms with van der Waals surface area (Å²) in [6.07, 6.45) is 3.82. The van der Waals surface area contributed by atoms with Crippen molar-refractivity contribution in [2.75, 3.05) is 18.0 Å². The first-order valence-corrected chi connectivity index (χ1v) is 7.12. The highest BCUT2D eigenvalue weighted by atomic mass is 16.3. The molecule has 0 aliphatic carbocycles. The average molecular weight is 263 g/mol. The molecular formula is C15H25N3O. The van der Waals surface area contributed by atoms with Gasteiger partial charge in [-0.1, -0.05) is 19.9 Å². The molecule has 2 heterocycles. The van der Waals surface area contributed by atoms with Gasteiger partial charge in [0, 0.05) is 31.9 Å². The van der Waals surface area contributed by atoms with Crippen molar-refractivity contribution in [3.05, 3.63) is 23.9 Å². The van der Waals surface area contributed by atoms with E-state index >= 15 is 0 Å². The molecule has 1 atom stereocenters. The van der Waals surface area contributed by atoms with E-state index in [1.807, 2.05) is 13.1 Å². The van der Waals surface area contributed by atoms with E-state index in [1.165, 1.54) is 5.56 Å². The second kappa shape index (κ2) is 5.88. The molecule has 4 heteroatoms. The SMILES string of the molecule is CC(C)NCc1ccc(N2CCCC(C)(O)C2)nc1. The Labute approximate surface area is 115 Å². The van der Waals surface area contributed by atoms with E-state index in [1.54, 1.807) is 0 Å². The fourth-order valence-electron chi connectivity index (χ4n) is 2.45. The standard InChI is InChI=1S/C15H25N3O/c1-12(2)16-9-13-5-6-14(17-10-13)18-8-4-7-15(3,19)11-18/h5-6,10,12,16,19H,4,7-9,11H2,1-3H3. The van der Waals surface area contributed by atoms with Crippen LogP contribution in [0.15, 0.2) is 18.3 Å². The first-order chi connectivity index (χ1) is 8.96. The first kappa shape index (κ1) is 14.3. The molecular weight excluding hydrogens is 238 g/mol. The van der Waals surface area contributed by atoms with Gasteiger partial charge in [0.15, 0.2) is 0 Å². The van der Waals surface area contributed by atoms with Gasteiger partial charge in [0.05, 0.1) is 5.60 Å². The summed E-state index contributed by atoms with van der Waals surface area (Å²) in [6.45, 7) is 8.67. The normalized spacial score (nSPS) is 23.9. The maximum Gasteiger partial charge on any atom is 0.128 e. The molecule has 4 nitrogen and oxygen atoms in total. The molecule has 0 bridgehead atoms. The monoisotopic (exact) mass is 263 g/mol. The lowest BCUT2D eigenvalue weighted by Gasteiger charge is -2.37. The van der Waals surface area contributed by atoms with E-state index in [2.05, 4.69) is 41.2 Å². The van der Waals surface area contributed by atoms with Crippen molar-refractivity contribution < 1.29 is 5.11 Å². The Morgan fingerprint density at radius 2 is 2.26 bits per heavy atom. The summed E-state index contributed by atoms with van der Waals surface area (Å²) in [7, 11) is 0. The molecule has 0 aromatic carbocycles. The van der Waals surface area contributed by atoms with Crippen LogP contribution in [0.25, 0.3) is 0 Å². The third kappa shape index (κ3) is 4.18. The summed E-state index contributed by atoms with van der Waals surface area (Å²) in [5.41, 5.74) is 0.610. The number of β-amino-alcohol motifs (C(OH)–C–C–N with tert-alkyl or cyclic N) is 1. The van der Waals surface area contributed by atoms with Gasteiger partial charge in [0.2, 0.25) is 0 Å². The molecule has 0 spiro atoms. The van der Waals surface area contributed by atoms with Crippen LogP contribution in [0.3, 0.4) is 0 Å². The smallest absolute Gasteiger partial charge is 0.128 e. The lowest BCUT2D eigenvalue weighted by Crippen LogP contribution is -2.46. The molecule has 0 radical (unpaired) electrons. The molecule has 1 saturated heterocycles. The number of pyridine rings is 1. The molecule has 1 fully saturated rings. The highest BCUT2D eigenvalue weighted by Gasteiger charge is 2.28. The van der Waals surface area contributed by atoms with Crippen molar-refractivity contribution in [3.8, 4) is 0 Å². The third-order valence-corrected chi connectivity index (χ3v) is 3.52. The van der Waals surface area contributed by atoms with E-state index in [4.69, 9.17) is 0 Å². The predicted molar refractivity (Wildman–Crippen MR) is 78.3 cm³/mol. The molecule has 2 N–H and O–H groups in total. The molecule has 1 aliphatic rings. The van der Waals surface area contributed by atoms with Crippen molar-refractivity contribution in [2.24, 2.45) is 0 Å². The van der Waals surface area contributed by atoms with Gasteiger partial charge < -0.3 is 15.3 Å². The minimum absolute atomic E-state index is 0.483.